The van der Waals surface area contributed by atoms with Crippen molar-refractivity contribution in [1.82, 2.24) is 5.32 Å². The zero-order valence-corrected chi connectivity index (χ0v) is 18.1. The van der Waals surface area contributed by atoms with E-state index in [1.807, 2.05) is 24.3 Å². The van der Waals surface area contributed by atoms with E-state index in [0.29, 0.717) is 25.2 Å². The summed E-state index contributed by atoms with van der Waals surface area (Å²) < 4.78 is 11.1. The van der Waals surface area contributed by atoms with Gasteiger partial charge in [-0.25, -0.2) is 0 Å². The van der Waals surface area contributed by atoms with Crippen LogP contribution < -0.4 is 14.8 Å². The smallest absolute Gasteiger partial charge is 0.158 e. The molecule has 0 amide bonds. The maximum absolute atomic E-state index is 12.1. The minimum absolute atomic E-state index is 0.0251. The Kier molecular flexibility index (Phi) is 12.4. The van der Waals surface area contributed by atoms with Gasteiger partial charge in [0, 0.05) is 37.2 Å². The number of unbranched alkanes of at least 4 members (excludes halogenated alkanes) is 2. The van der Waals surface area contributed by atoms with Gasteiger partial charge in [0.15, 0.2) is 5.78 Å². The number of ketones is 1. The summed E-state index contributed by atoms with van der Waals surface area (Å²) in [6.07, 6.45) is 10.4. The van der Waals surface area contributed by atoms with E-state index in [4.69, 9.17) is 14.7 Å². The first-order chi connectivity index (χ1) is 14.5. The fourth-order valence-electron chi connectivity index (χ4n) is 2.54. The topological polar surface area (TPSA) is 91.6 Å². The Morgan fingerprint density at radius 2 is 2.17 bits per heavy atom. The quantitative estimate of drug-likeness (QED) is 0.271. The van der Waals surface area contributed by atoms with Crippen molar-refractivity contribution in [3.63, 3.8) is 0 Å². The van der Waals surface area contributed by atoms with E-state index < -0.39 is 6.10 Å². The Morgan fingerprint density at radius 3 is 2.83 bits per heavy atom. The van der Waals surface area contributed by atoms with E-state index in [0.717, 1.165) is 29.9 Å². The van der Waals surface area contributed by atoms with Crippen LogP contribution in [0.4, 0.5) is 0 Å². The van der Waals surface area contributed by atoms with Crippen LogP contribution in [0.25, 0.3) is 6.08 Å². The number of nitrogens with zero attached hydrogens (tertiary/aromatic N) is 1. The molecule has 1 aromatic carbocycles. The van der Waals surface area contributed by atoms with Crippen LogP contribution in [-0.4, -0.2) is 37.8 Å². The Hall–Kier alpha value is -3.04. The number of nitriles is 1. The highest BCUT2D eigenvalue weighted by Crippen LogP contribution is 2.26. The number of aliphatic hydroxyl groups is 1. The number of benzene rings is 1. The van der Waals surface area contributed by atoms with E-state index in [2.05, 4.69) is 18.3 Å². The molecule has 0 radical (unpaired) electrons. The molecule has 0 aromatic heterocycles. The summed E-state index contributed by atoms with van der Waals surface area (Å²) in [7, 11) is 3.33. The molecule has 0 bridgehead atoms. The van der Waals surface area contributed by atoms with Gasteiger partial charge in [0.05, 0.1) is 25.9 Å². The lowest BCUT2D eigenvalue weighted by Crippen LogP contribution is -2.09. The molecule has 6 heteroatoms. The van der Waals surface area contributed by atoms with Crippen molar-refractivity contribution in [2.45, 2.75) is 45.1 Å². The monoisotopic (exact) mass is 412 g/mol. The second kappa shape index (κ2) is 14.9. The van der Waals surface area contributed by atoms with Crippen LogP contribution in [0.2, 0.25) is 0 Å². The predicted octanol–water partition coefficient (Wildman–Crippen LogP) is 4.17. The molecule has 0 spiro atoms. The fraction of sp³-hybridized carbons (Fsp3) is 0.417. The van der Waals surface area contributed by atoms with Crippen LogP contribution in [0.3, 0.4) is 0 Å². The maximum Gasteiger partial charge on any atom is 0.158 e. The molecule has 1 aromatic rings. The van der Waals surface area contributed by atoms with Gasteiger partial charge in [-0.3, -0.25) is 4.79 Å². The number of likely N-dealkylation sites (N-methyl/N-ethyl adjacent to an activating group) is 1. The first kappa shape index (κ1) is 25.0. The van der Waals surface area contributed by atoms with Crippen LogP contribution in [0.15, 0.2) is 48.2 Å². The van der Waals surface area contributed by atoms with E-state index in [1.165, 1.54) is 6.08 Å². The Balaban J connectivity index is 2.65. The number of hydrogen-bond donors (Lipinski definition) is 2. The molecule has 2 N–H and O–H groups in total. The highest BCUT2D eigenvalue weighted by molar-refractivity contribution is 5.90. The van der Waals surface area contributed by atoms with Gasteiger partial charge in [-0.2, -0.15) is 5.26 Å². The summed E-state index contributed by atoms with van der Waals surface area (Å²) in [6, 6.07) is 7.60. The van der Waals surface area contributed by atoms with Crippen molar-refractivity contribution in [2.75, 3.05) is 20.8 Å². The third-order valence-corrected chi connectivity index (χ3v) is 4.24. The number of carbonyl (C=O) groups is 1. The molecule has 0 aliphatic heterocycles. The van der Waals surface area contributed by atoms with Gasteiger partial charge in [0.2, 0.25) is 0 Å². The summed E-state index contributed by atoms with van der Waals surface area (Å²) >= 11 is 0. The summed E-state index contributed by atoms with van der Waals surface area (Å²) in [4.78, 5) is 12.1. The zero-order chi connectivity index (χ0) is 22.2. The molecule has 162 valence electrons. The summed E-state index contributed by atoms with van der Waals surface area (Å²) in [5.74, 6) is 1.18. The molecular formula is C24H32N2O4. The van der Waals surface area contributed by atoms with Crippen molar-refractivity contribution in [3.8, 4) is 17.6 Å². The van der Waals surface area contributed by atoms with Gasteiger partial charge in [-0.15, -0.1) is 0 Å². The normalized spacial score (nSPS) is 12.7. The van der Waals surface area contributed by atoms with E-state index in [9.17, 15) is 9.90 Å². The van der Waals surface area contributed by atoms with Crippen LogP contribution in [0, 0.1) is 11.3 Å². The minimum atomic E-state index is -0.909. The number of allylic oxidation sites excluding steroid dienone is 3. The lowest BCUT2D eigenvalue weighted by atomic mass is 10.1. The fourth-order valence-corrected chi connectivity index (χ4v) is 2.54. The number of methoxy groups -OCH3 is 1. The predicted molar refractivity (Wildman–Crippen MR) is 119 cm³/mol. The van der Waals surface area contributed by atoms with Crippen molar-refractivity contribution in [3.05, 3.63) is 53.8 Å². The van der Waals surface area contributed by atoms with Crippen molar-refractivity contribution in [1.29, 1.82) is 5.26 Å². The molecule has 0 saturated heterocycles. The number of aliphatic hydroxyl groups excluding tert-OH is 1. The second-order valence-corrected chi connectivity index (χ2v) is 6.64. The van der Waals surface area contributed by atoms with Gasteiger partial charge < -0.3 is 19.9 Å². The Bertz CT molecular complexity index is 791. The number of rotatable bonds is 14. The van der Waals surface area contributed by atoms with Crippen LogP contribution in [-0.2, 0) is 4.79 Å². The Labute approximate surface area is 179 Å². The Morgan fingerprint density at radius 1 is 1.37 bits per heavy atom. The first-order valence-electron chi connectivity index (χ1n) is 10.2. The number of hydrogen-bond acceptors (Lipinski definition) is 6. The van der Waals surface area contributed by atoms with Gasteiger partial charge in [0.25, 0.3) is 0 Å². The molecule has 0 saturated carbocycles. The van der Waals surface area contributed by atoms with Crippen molar-refractivity contribution in [2.24, 2.45) is 0 Å². The molecule has 0 heterocycles. The standard InChI is InChI=1S/C24H32N2O4/c1-4-5-16-30-23-14-10-19(24(18-23)29-3)9-12-21(27)17-22(28)13-11-20(26-2)8-6-7-15-25/h8-14,18,21,26-27H,4-7,16-17H2,1-3H3/b12-9+,13-11+,20-8-. The lowest BCUT2D eigenvalue weighted by Gasteiger charge is -2.10. The average Bonchev–Trinajstić information content (AvgIpc) is 2.75. The van der Waals surface area contributed by atoms with E-state index in [-0.39, 0.29) is 12.2 Å². The van der Waals surface area contributed by atoms with Crippen LogP contribution >= 0.6 is 0 Å². The van der Waals surface area contributed by atoms with E-state index in [1.54, 1.807) is 32.4 Å². The lowest BCUT2D eigenvalue weighted by molar-refractivity contribution is -0.115. The van der Waals surface area contributed by atoms with Crippen molar-refractivity contribution >= 4 is 11.9 Å². The first-order valence-corrected chi connectivity index (χ1v) is 10.2. The highest BCUT2D eigenvalue weighted by atomic mass is 16.5. The molecule has 0 fully saturated rings. The molecule has 6 nitrogen and oxygen atoms in total. The molecule has 30 heavy (non-hydrogen) atoms. The summed E-state index contributed by atoms with van der Waals surface area (Å²) in [5, 5.41) is 21.7. The zero-order valence-electron chi connectivity index (χ0n) is 18.1. The number of ether oxygens (including phenoxy) is 2. The minimum Gasteiger partial charge on any atom is -0.496 e. The molecule has 1 rings (SSSR count). The van der Waals surface area contributed by atoms with E-state index >= 15 is 0 Å². The van der Waals surface area contributed by atoms with Crippen LogP contribution in [0.5, 0.6) is 11.5 Å². The second-order valence-electron chi connectivity index (χ2n) is 6.64. The summed E-state index contributed by atoms with van der Waals surface area (Å²) in [6.45, 7) is 2.77. The SMILES string of the molecule is CCCCOc1ccc(/C=C/C(O)CC(=O)/C=C/C(=C/CCC#N)NC)c(OC)c1. The average molecular weight is 413 g/mol. The van der Waals surface area contributed by atoms with Gasteiger partial charge in [0.1, 0.15) is 11.5 Å². The highest BCUT2D eigenvalue weighted by Gasteiger charge is 2.07. The molecule has 0 aliphatic carbocycles. The van der Waals surface area contributed by atoms with Gasteiger partial charge in [-0.05, 0) is 37.1 Å². The maximum atomic E-state index is 12.1. The third-order valence-electron chi connectivity index (χ3n) is 4.24. The van der Waals surface area contributed by atoms with Crippen molar-refractivity contribution < 1.29 is 19.4 Å². The number of nitrogens with one attached hydrogen (secondary N) is 1. The molecular weight excluding hydrogens is 380 g/mol. The summed E-state index contributed by atoms with van der Waals surface area (Å²) in [5.41, 5.74) is 1.55. The number of carbonyl (C=O) groups excluding carboxylic acids is 1. The molecule has 0 aliphatic rings. The van der Waals surface area contributed by atoms with Gasteiger partial charge >= 0.3 is 0 Å². The van der Waals surface area contributed by atoms with Crippen LogP contribution in [0.1, 0.15) is 44.6 Å². The van der Waals surface area contributed by atoms with Gasteiger partial charge in [-0.1, -0.05) is 31.6 Å². The molecule has 1 unspecified atom stereocenters. The molecule has 1 atom stereocenters. The third kappa shape index (κ3) is 9.94. The largest absolute Gasteiger partial charge is 0.496 e.